The van der Waals surface area contributed by atoms with Crippen LogP contribution in [0.3, 0.4) is 0 Å². The Morgan fingerprint density at radius 1 is 1.20 bits per heavy atom. The van der Waals surface area contributed by atoms with E-state index >= 15 is 0 Å². The zero-order valence-electron chi connectivity index (χ0n) is 15.0. The molecule has 1 amide bonds. The van der Waals surface area contributed by atoms with E-state index in [-0.39, 0.29) is 18.4 Å². The minimum Gasteiger partial charge on any atom is -0.396 e. The number of aliphatic hydroxyl groups is 2. The first kappa shape index (κ1) is 18.2. The number of β-amino-alcohol motifs (C(OH)–C–C–N with tert-alkyl or cyclic N) is 1. The third-order valence-electron chi connectivity index (χ3n) is 5.41. The van der Waals surface area contributed by atoms with Gasteiger partial charge in [-0.25, -0.2) is 0 Å². The zero-order valence-corrected chi connectivity index (χ0v) is 15.0. The van der Waals surface area contributed by atoms with E-state index in [1.54, 1.807) is 4.90 Å². The molecule has 25 heavy (non-hydrogen) atoms. The Labute approximate surface area is 149 Å². The van der Waals surface area contributed by atoms with Crippen molar-refractivity contribution < 1.29 is 15.0 Å². The number of anilines is 1. The maximum Gasteiger partial charge on any atom is 0.236 e. The van der Waals surface area contributed by atoms with Crippen molar-refractivity contribution in [3.8, 4) is 0 Å². The minimum atomic E-state index is -0.610. The van der Waals surface area contributed by atoms with E-state index in [1.165, 1.54) is 11.3 Å². The number of carbonyl (C=O) groups is 1. The van der Waals surface area contributed by atoms with Crippen molar-refractivity contribution in [2.24, 2.45) is 5.92 Å². The van der Waals surface area contributed by atoms with Crippen LogP contribution in [0.25, 0.3) is 0 Å². The zero-order chi connectivity index (χ0) is 17.8. The Hall–Kier alpha value is -1.63. The summed E-state index contributed by atoms with van der Waals surface area (Å²) in [6.45, 7) is 7.06. The molecule has 0 saturated carbocycles. The summed E-state index contributed by atoms with van der Waals surface area (Å²) in [5.74, 6) is -0.0126. The molecular weight excluding hydrogens is 318 g/mol. The molecule has 0 aliphatic carbocycles. The van der Waals surface area contributed by atoms with Crippen LogP contribution in [-0.4, -0.2) is 84.4 Å². The van der Waals surface area contributed by atoms with Gasteiger partial charge in [0.1, 0.15) is 0 Å². The fourth-order valence-corrected chi connectivity index (χ4v) is 3.70. The van der Waals surface area contributed by atoms with Crippen LogP contribution < -0.4 is 4.90 Å². The van der Waals surface area contributed by atoms with Gasteiger partial charge in [-0.15, -0.1) is 0 Å². The second kappa shape index (κ2) is 8.17. The molecule has 0 bridgehead atoms. The quantitative estimate of drug-likeness (QED) is 0.821. The summed E-state index contributed by atoms with van der Waals surface area (Å²) in [6, 6.07) is 8.53. The number of benzene rings is 1. The molecule has 3 rings (SSSR count). The maximum atomic E-state index is 12.5. The van der Waals surface area contributed by atoms with Crippen LogP contribution in [-0.2, 0) is 4.79 Å². The van der Waals surface area contributed by atoms with Crippen molar-refractivity contribution in [1.82, 2.24) is 9.80 Å². The van der Waals surface area contributed by atoms with Crippen molar-refractivity contribution >= 4 is 11.6 Å². The lowest BCUT2D eigenvalue weighted by atomic mass is 9.95. The highest BCUT2D eigenvalue weighted by Crippen LogP contribution is 2.19. The fourth-order valence-electron chi connectivity index (χ4n) is 3.70. The second-order valence-electron chi connectivity index (χ2n) is 7.24. The first-order chi connectivity index (χ1) is 12.1. The number of amides is 1. The van der Waals surface area contributed by atoms with Crippen LogP contribution in [0.4, 0.5) is 5.69 Å². The third kappa shape index (κ3) is 4.51. The number of hydrogen-bond donors (Lipinski definition) is 2. The number of carbonyl (C=O) groups excluding carboxylic acids is 1. The van der Waals surface area contributed by atoms with Gasteiger partial charge in [0.25, 0.3) is 0 Å². The summed E-state index contributed by atoms with van der Waals surface area (Å²) in [4.78, 5) is 18.8. The molecule has 0 radical (unpaired) electrons. The van der Waals surface area contributed by atoms with Gasteiger partial charge in [0.2, 0.25) is 5.91 Å². The van der Waals surface area contributed by atoms with Crippen molar-refractivity contribution in [1.29, 1.82) is 0 Å². The first-order valence-corrected chi connectivity index (χ1v) is 9.17. The number of piperazine rings is 1. The number of likely N-dealkylation sites (tertiary alicyclic amines) is 1. The molecule has 2 heterocycles. The highest BCUT2D eigenvalue weighted by molar-refractivity contribution is 5.78. The molecule has 1 aromatic carbocycles. The van der Waals surface area contributed by atoms with Crippen LogP contribution in [0, 0.1) is 12.8 Å². The third-order valence-corrected chi connectivity index (χ3v) is 5.41. The van der Waals surface area contributed by atoms with E-state index in [9.17, 15) is 15.0 Å². The summed E-state index contributed by atoms with van der Waals surface area (Å²) in [6.07, 6.45) is 0.0609. The summed E-state index contributed by atoms with van der Waals surface area (Å²) < 4.78 is 0. The summed E-state index contributed by atoms with van der Waals surface area (Å²) in [5, 5.41) is 19.2. The SMILES string of the molecule is Cc1cccc(N2CCN(CC(=O)N3CC[C@H](CO)[C@@H](O)C3)CC2)c1. The van der Waals surface area contributed by atoms with Gasteiger partial charge in [-0.3, -0.25) is 9.69 Å². The van der Waals surface area contributed by atoms with E-state index in [0.717, 1.165) is 26.2 Å². The summed E-state index contributed by atoms with van der Waals surface area (Å²) in [5.41, 5.74) is 2.51. The van der Waals surface area contributed by atoms with Crippen LogP contribution >= 0.6 is 0 Å². The molecule has 0 aromatic heterocycles. The normalized spacial score (nSPS) is 25.2. The van der Waals surface area contributed by atoms with E-state index in [1.807, 2.05) is 0 Å². The van der Waals surface area contributed by atoms with Crippen LogP contribution in [0.5, 0.6) is 0 Å². The Bertz CT molecular complexity index is 587. The standard InChI is InChI=1S/C19H29N3O3/c1-15-3-2-4-17(11-15)21-9-7-20(8-10-21)13-19(25)22-6-5-16(14-23)18(24)12-22/h2-4,11,16,18,23-24H,5-10,12-14H2,1H3/t16-,18+/m1/s1. The molecule has 6 nitrogen and oxygen atoms in total. The number of aryl methyl sites for hydroxylation is 1. The van der Waals surface area contributed by atoms with Crippen LogP contribution in [0.1, 0.15) is 12.0 Å². The molecule has 1 aromatic rings. The Morgan fingerprint density at radius 3 is 2.60 bits per heavy atom. The van der Waals surface area contributed by atoms with Crippen LogP contribution in [0.15, 0.2) is 24.3 Å². The highest BCUT2D eigenvalue weighted by atomic mass is 16.3. The molecule has 2 atom stereocenters. The Morgan fingerprint density at radius 2 is 1.96 bits per heavy atom. The van der Waals surface area contributed by atoms with Crippen molar-refractivity contribution in [2.45, 2.75) is 19.4 Å². The highest BCUT2D eigenvalue weighted by Gasteiger charge is 2.30. The molecule has 2 aliphatic rings. The lowest BCUT2D eigenvalue weighted by Crippen LogP contribution is -2.53. The molecule has 138 valence electrons. The monoisotopic (exact) mass is 347 g/mol. The van der Waals surface area contributed by atoms with Gasteiger partial charge in [-0.05, 0) is 31.0 Å². The first-order valence-electron chi connectivity index (χ1n) is 9.17. The van der Waals surface area contributed by atoms with Crippen LogP contribution in [0.2, 0.25) is 0 Å². The molecule has 2 fully saturated rings. The van der Waals surface area contributed by atoms with Gasteiger partial charge >= 0.3 is 0 Å². The number of aliphatic hydroxyl groups excluding tert-OH is 2. The predicted molar refractivity (Wildman–Crippen MR) is 97.6 cm³/mol. The van der Waals surface area contributed by atoms with Gasteiger partial charge in [0.05, 0.1) is 12.6 Å². The van der Waals surface area contributed by atoms with Gasteiger partial charge in [0.15, 0.2) is 0 Å². The average Bonchev–Trinajstić information content (AvgIpc) is 2.62. The van der Waals surface area contributed by atoms with E-state index in [4.69, 9.17) is 0 Å². The molecular formula is C19H29N3O3. The molecule has 2 aliphatic heterocycles. The fraction of sp³-hybridized carbons (Fsp3) is 0.632. The molecule has 2 N–H and O–H groups in total. The van der Waals surface area contributed by atoms with Crippen molar-refractivity contribution in [3.63, 3.8) is 0 Å². The number of rotatable bonds is 4. The van der Waals surface area contributed by atoms with E-state index in [0.29, 0.717) is 26.1 Å². The molecule has 0 unspecified atom stereocenters. The van der Waals surface area contributed by atoms with E-state index < -0.39 is 6.10 Å². The number of hydrogen-bond acceptors (Lipinski definition) is 5. The minimum absolute atomic E-state index is 0.00980. The average molecular weight is 347 g/mol. The number of nitrogens with zero attached hydrogens (tertiary/aromatic N) is 3. The number of piperidine rings is 1. The Balaban J connectivity index is 1.47. The van der Waals surface area contributed by atoms with Gasteiger partial charge < -0.3 is 20.0 Å². The predicted octanol–water partition coefficient (Wildman–Crippen LogP) is 0.319. The lowest BCUT2D eigenvalue weighted by Gasteiger charge is -2.39. The molecule has 0 spiro atoms. The second-order valence-corrected chi connectivity index (χ2v) is 7.24. The summed E-state index contributed by atoms with van der Waals surface area (Å²) >= 11 is 0. The van der Waals surface area contributed by atoms with Crippen molar-refractivity contribution in [2.75, 3.05) is 57.3 Å². The molecule has 2 saturated heterocycles. The topological polar surface area (TPSA) is 67.2 Å². The molecule has 6 heteroatoms. The summed E-state index contributed by atoms with van der Waals surface area (Å²) in [7, 11) is 0. The van der Waals surface area contributed by atoms with E-state index in [2.05, 4.69) is 41.0 Å². The maximum absolute atomic E-state index is 12.5. The van der Waals surface area contributed by atoms with Gasteiger partial charge in [-0.2, -0.15) is 0 Å². The Kier molecular flexibility index (Phi) is 5.93. The van der Waals surface area contributed by atoms with Gasteiger partial charge in [0, 0.05) is 57.5 Å². The smallest absolute Gasteiger partial charge is 0.236 e. The van der Waals surface area contributed by atoms with Gasteiger partial charge in [-0.1, -0.05) is 12.1 Å². The van der Waals surface area contributed by atoms with Crippen molar-refractivity contribution in [3.05, 3.63) is 29.8 Å². The largest absolute Gasteiger partial charge is 0.396 e. The lowest BCUT2D eigenvalue weighted by molar-refractivity contribution is -0.137.